The molecule has 0 radical (unpaired) electrons. The highest BCUT2D eigenvalue weighted by molar-refractivity contribution is 7.99. The topological polar surface area (TPSA) is 93.1 Å². The summed E-state index contributed by atoms with van der Waals surface area (Å²) >= 11 is 2.84. The molecule has 0 aliphatic heterocycles. The molecular weight excluding hydrogens is 384 g/mol. The maximum atomic E-state index is 13.1. The number of nitrogens with zero attached hydrogens (tertiary/aromatic N) is 2. The fourth-order valence-electron chi connectivity index (χ4n) is 3.24. The highest BCUT2D eigenvalue weighted by Crippen LogP contribution is 2.36. The van der Waals surface area contributed by atoms with Crippen LogP contribution in [-0.2, 0) is 29.0 Å². The van der Waals surface area contributed by atoms with Crippen molar-refractivity contribution in [2.45, 2.75) is 44.8 Å². The Bertz CT molecular complexity index is 935. The minimum absolute atomic E-state index is 0.0113. The molecule has 7 nitrogen and oxygen atoms in total. The molecule has 0 aromatic carbocycles. The van der Waals surface area contributed by atoms with E-state index < -0.39 is 0 Å². The van der Waals surface area contributed by atoms with E-state index in [0.717, 1.165) is 29.5 Å². The molecule has 0 bridgehead atoms. The number of aryl methyl sites for hydroxylation is 1. The van der Waals surface area contributed by atoms with Crippen molar-refractivity contribution in [1.29, 1.82) is 0 Å². The van der Waals surface area contributed by atoms with Gasteiger partial charge in [0.05, 0.1) is 17.7 Å². The summed E-state index contributed by atoms with van der Waals surface area (Å²) in [5, 5.41) is 6.32. The molecule has 0 unspecified atom stereocenters. The molecule has 1 atom stereocenters. The van der Waals surface area contributed by atoms with Gasteiger partial charge in [-0.1, -0.05) is 18.7 Å². The van der Waals surface area contributed by atoms with Crippen molar-refractivity contribution in [1.82, 2.24) is 20.2 Å². The number of hydrogen-bond acceptors (Lipinski definition) is 6. The summed E-state index contributed by atoms with van der Waals surface area (Å²) in [5.74, 6) is 0.227. The van der Waals surface area contributed by atoms with Gasteiger partial charge in [0.15, 0.2) is 5.16 Å². The van der Waals surface area contributed by atoms with Crippen LogP contribution in [0.25, 0.3) is 10.2 Å². The first kappa shape index (κ1) is 19.9. The fraction of sp³-hybridized carbons (Fsp3) is 0.556. The molecule has 2 aromatic heterocycles. The zero-order chi connectivity index (χ0) is 19.6. The zero-order valence-corrected chi connectivity index (χ0v) is 17.4. The van der Waals surface area contributed by atoms with Crippen molar-refractivity contribution in [3.8, 4) is 0 Å². The second kappa shape index (κ2) is 8.43. The van der Waals surface area contributed by atoms with Crippen LogP contribution in [0.3, 0.4) is 0 Å². The second-order valence-corrected chi connectivity index (χ2v) is 8.74. The van der Waals surface area contributed by atoms with E-state index in [1.54, 1.807) is 15.9 Å². The molecule has 2 heterocycles. The van der Waals surface area contributed by atoms with E-state index in [4.69, 9.17) is 4.98 Å². The fourth-order valence-corrected chi connectivity index (χ4v) is 5.56. The number of rotatable bonds is 6. The molecule has 1 aliphatic carbocycles. The molecule has 2 N–H and O–H groups in total. The van der Waals surface area contributed by atoms with Crippen LogP contribution in [0, 0.1) is 5.92 Å². The van der Waals surface area contributed by atoms with Crippen molar-refractivity contribution in [2.75, 3.05) is 19.3 Å². The van der Waals surface area contributed by atoms with Crippen molar-refractivity contribution in [2.24, 2.45) is 5.92 Å². The number of carbonyl (C=O) groups is 2. The molecule has 0 saturated carbocycles. The number of carbonyl (C=O) groups excluding carboxylic acids is 2. The Kier molecular flexibility index (Phi) is 6.21. The van der Waals surface area contributed by atoms with Crippen LogP contribution in [0.5, 0.6) is 0 Å². The second-order valence-electron chi connectivity index (χ2n) is 6.71. The number of thiophene rings is 1. The Morgan fingerprint density at radius 3 is 2.85 bits per heavy atom. The van der Waals surface area contributed by atoms with E-state index in [-0.39, 0.29) is 29.7 Å². The summed E-state index contributed by atoms with van der Waals surface area (Å²) in [4.78, 5) is 43.0. The Morgan fingerprint density at radius 2 is 2.15 bits per heavy atom. The quantitative estimate of drug-likeness (QED) is 0.559. The van der Waals surface area contributed by atoms with Crippen LogP contribution in [0.2, 0.25) is 0 Å². The van der Waals surface area contributed by atoms with Gasteiger partial charge in [-0.25, -0.2) is 4.98 Å². The van der Waals surface area contributed by atoms with E-state index in [1.165, 1.54) is 29.3 Å². The number of amides is 2. The summed E-state index contributed by atoms with van der Waals surface area (Å²) in [5.41, 5.74) is 1.16. The lowest BCUT2D eigenvalue weighted by atomic mass is 9.89. The number of aromatic nitrogens is 2. The molecule has 3 rings (SSSR count). The predicted octanol–water partition coefficient (Wildman–Crippen LogP) is 1.56. The lowest BCUT2D eigenvalue weighted by Gasteiger charge is -2.17. The molecule has 146 valence electrons. The van der Waals surface area contributed by atoms with Gasteiger partial charge in [-0.15, -0.1) is 11.3 Å². The van der Waals surface area contributed by atoms with Crippen LogP contribution in [0.1, 0.15) is 30.7 Å². The van der Waals surface area contributed by atoms with Gasteiger partial charge in [-0.3, -0.25) is 19.0 Å². The van der Waals surface area contributed by atoms with Gasteiger partial charge in [0.1, 0.15) is 4.83 Å². The molecule has 2 aromatic rings. The summed E-state index contributed by atoms with van der Waals surface area (Å²) in [6, 6.07) is 0. The van der Waals surface area contributed by atoms with E-state index in [2.05, 4.69) is 17.6 Å². The number of fused-ring (bicyclic) bond motifs is 3. The lowest BCUT2D eigenvalue weighted by Crippen LogP contribution is -2.36. The first-order valence-corrected chi connectivity index (χ1v) is 10.9. The van der Waals surface area contributed by atoms with Gasteiger partial charge in [0, 0.05) is 18.5 Å². The Hall–Kier alpha value is -1.87. The third-order valence-corrected chi connectivity index (χ3v) is 6.88. The van der Waals surface area contributed by atoms with Crippen molar-refractivity contribution in [3.63, 3.8) is 0 Å². The van der Waals surface area contributed by atoms with Crippen LogP contribution in [-0.4, -0.2) is 40.7 Å². The number of thioether (sulfide) groups is 1. The van der Waals surface area contributed by atoms with Crippen molar-refractivity contribution < 1.29 is 9.59 Å². The van der Waals surface area contributed by atoms with Crippen LogP contribution in [0.15, 0.2) is 9.95 Å². The standard InChI is InChI=1S/C18H24N4O3S2/c1-4-22-17(25)15-11-6-5-10(2)7-12(11)27-16(15)21-18(22)26-9-14(24)20-8-13(23)19-3/h10H,4-9H2,1-3H3,(H,19,23)(H,20,24)/t10-/m0/s1. The molecule has 0 spiro atoms. The molecular formula is C18H24N4O3S2. The first-order chi connectivity index (χ1) is 12.9. The average molecular weight is 409 g/mol. The SMILES string of the molecule is CCn1c(SCC(=O)NCC(=O)NC)nc2sc3c(c2c1=O)CC[C@H](C)C3. The van der Waals surface area contributed by atoms with Crippen LogP contribution in [0.4, 0.5) is 0 Å². The maximum Gasteiger partial charge on any atom is 0.263 e. The normalized spacial score (nSPS) is 16.2. The highest BCUT2D eigenvalue weighted by Gasteiger charge is 2.24. The van der Waals surface area contributed by atoms with Gasteiger partial charge < -0.3 is 10.6 Å². The third-order valence-electron chi connectivity index (χ3n) is 4.75. The number of hydrogen-bond donors (Lipinski definition) is 2. The smallest absolute Gasteiger partial charge is 0.263 e. The van der Waals surface area contributed by atoms with Crippen LogP contribution < -0.4 is 16.2 Å². The average Bonchev–Trinajstić information content (AvgIpc) is 3.01. The summed E-state index contributed by atoms with van der Waals surface area (Å²) in [7, 11) is 1.52. The van der Waals surface area contributed by atoms with E-state index in [0.29, 0.717) is 17.6 Å². The Labute approximate surface area is 165 Å². The van der Waals surface area contributed by atoms with E-state index in [9.17, 15) is 14.4 Å². The molecule has 1 aliphatic rings. The molecule has 0 saturated heterocycles. The summed E-state index contributed by atoms with van der Waals surface area (Å²) < 4.78 is 1.64. The minimum Gasteiger partial charge on any atom is -0.358 e. The van der Waals surface area contributed by atoms with Crippen LogP contribution >= 0.6 is 23.1 Å². The lowest BCUT2D eigenvalue weighted by molar-refractivity contribution is -0.124. The van der Waals surface area contributed by atoms with Crippen molar-refractivity contribution >= 4 is 45.1 Å². The first-order valence-electron chi connectivity index (χ1n) is 9.09. The predicted molar refractivity (Wildman–Crippen MR) is 109 cm³/mol. The Morgan fingerprint density at radius 1 is 1.37 bits per heavy atom. The highest BCUT2D eigenvalue weighted by atomic mass is 32.2. The summed E-state index contributed by atoms with van der Waals surface area (Å²) in [6.07, 6.45) is 3.05. The Balaban J connectivity index is 1.84. The van der Waals surface area contributed by atoms with Gasteiger partial charge in [0.2, 0.25) is 11.8 Å². The molecule has 27 heavy (non-hydrogen) atoms. The minimum atomic E-state index is -0.264. The molecule has 0 fully saturated rings. The van der Waals surface area contributed by atoms with Gasteiger partial charge in [0.25, 0.3) is 5.56 Å². The molecule has 9 heteroatoms. The zero-order valence-electron chi connectivity index (χ0n) is 15.8. The van der Waals surface area contributed by atoms with E-state index >= 15 is 0 Å². The third kappa shape index (κ3) is 4.19. The molecule has 2 amide bonds. The van der Waals surface area contributed by atoms with Gasteiger partial charge in [-0.2, -0.15) is 0 Å². The number of likely N-dealkylation sites (N-methyl/N-ethyl adjacent to an activating group) is 1. The van der Waals surface area contributed by atoms with Gasteiger partial charge in [-0.05, 0) is 37.7 Å². The summed E-state index contributed by atoms with van der Waals surface area (Å²) in [6.45, 7) is 4.60. The monoisotopic (exact) mass is 408 g/mol. The van der Waals surface area contributed by atoms with E-state index in [1.807, 2.05) is 6.92 Å². The van der Waals surface area contributed by atoms with Gasteiger partial charge >= 0.3 is 0 Å². The van der Waals surface area contributed by atoms with Crippen molar-refractivity contribution in [3.05, 3.63) is 20.8 Å². The number of nitrogens with one attached hydrogen (secondary N) is 2. The maximum absolute atomic E-state index is 13.1. The largest absolute Gasteiger partial charge is 0.358 e.